The Morgan fingerprint density at radius 3 is 2.88 bits per heavy atom. The van der Waals surface area contributed by atoms with Gasteiger partial charge in [0.25, 0.3) is 10.0 Å². The number of aryl methyl sites for hydroxylation is 1. The summed E-state index contributed by atoms with van der Waals surface area (Å²) in [6.45, 7) is 2.46. The maximum atomic E-state index is 13.3. The van der Waals surface area contributed by atoms with E-state index < -0.39 is 10.0 Å². The lowest BCUT2D eigenvalue weighted by Gasteiger charge is -2.31. The zero-order chi connectivity index (χ0) is 18.3. The van der Waals surface area contributed by atoms with E-state index in [1.165, 1.54) is 4.31 Å². The van der Waals surface area contributed by atoms with Crippen LogP contribution in [0.2, 0.25) is 0 Å². The number of rotatable bonds is 2. The molecule has 136 valence electrons. The summed E-state index contributed by atoms with van der Waals surface area (Å²) < 4.78 is 33.5. The van der Waals surface area contributed by atoms with Gasteiger partial charge in [0.15, 0.2) is 0 Å². The number of carbonyl (C=O) groups is 1. The molecule has 2 aliphatic heterocycles. The molecule has 6 nitrogen and oxygen atoms in total. The lowest BCUT2D eigenvalue weighted by atomic mass is 10.2. The third-order valence-corrected chi connectivity index (χ3v) is 7.22. The van der Waals surface area contributed by atoms with Gasteiger partial charge in [0.1, 0.15) is 12.4 Å². The van der Waals surface area contributed by atoms with Crippen molar-refractivity contribution in [2.24, 2.45) is 0 Å². The molecule has 2 aromatic rings. The van der Waals surface area contributed by atoms with Crippen LogP contribution in [0.4, 0.5) is 11.4 Å². The quantitative estimate of drug-likeness (QED) is 0.853. The van der Waals surface area contributed by atoms with E-state index in [-0.39, 0.29) is 17.3 Å². The lowest BCUT2D eigenvalue weighted by Crippen LogP contribution is -2.38. The van der Waals surface area contributed by atoms with Crippen molar-refractivity contribution < 1.29 is 17.9 Å². The van der Waals surface area contributed by atoms with Crippen molar-refractivity contribution in [1.29, 1.82) is 0 Å². The van der Waals surface area contributed by atoms with Crippen molar-refractivity contribution in [2.75, 3.05) is 28.5 Å². The number of thioether (sulfide) groups is 1. The highest BCUT2D eigenvalue weighted by molar-refractivity contribution is 7.99. The molecule has 0 aliphatic carbocycles. The third kappa shape index (κ3) is 3.03. The number of hydrogen-bond acceptors (Lipinski definition) is 5. The Labute approximate surface area is 156 Å². The lowest BCUT2D eigenvalue weighted by molar-refractivity contribution is -0.115. The molecule has 0 bridgehead atoms. The molecule has 0 saturated heterocycles. The van der Waals surface area contributed by atoms with Crippen LogP contribution in [0, 0.1) is 6.92 Å². The topological polar surface area (TPSA) is 75.7 Å². The highest BCUT2D eigenvalue weighted by Gasteiger charge is 2.31. The van der Waals surface area contributed by atoms with E-state index >= 15 is 0 Å². The second kappa shape index (κ2) is 6.51. The minimum absolute atomic E-state index is 0.0989. The molecule has 8 heteroatoms. The Hall–Kier alpha value is -2.19. The summed E-state index contributed by atoms with van der Waals surface area (Å²) >= 11 is 1.55. The van der Waals surface area contributed by atoms with Gasteiger partial charge in [0.05, 0.1) is 22.8 Å². The average molecular weight is 390 g/mol. The van der Waals surface area contributed by atoms with Gasteiger partial charge in [-0.1, -0.05) is 6.07 Å². The molecule has 0 radical (unpaired) electrons. The number of hydrogen-bond donors (Lipinski definition) is 1. The average Bonchev–Trinajstić information content (AvgIpc) is 2.80. The molecular formula is C18H18N2O4S2. The number of fused-ring (bicyclic) bond motifs is 2. The Balaban J connectivity index is 1.77. The van der Waals surface area contributed by atoms with Crippen molar-refractivity contribution in [2.45, 2.75) is 23.1 Å². The fourth-order valence-corrected chi connectivity index (χ4v) is 5.45. The largest absolute Gasteiger partial charge is 0.489 e. The smallest absolute Gasteiger partial charge is 0.264 e. The Bertz CT molecular complexity index is 989. The van der Waals surface area contributed by atoms with Crippen LogP contribution < -0.4 is 14.4 Å². The fourth-order valence-electron chi connectivity index (χ4n) is 3.04. The SMILES string of the molecule is Cc1ccc2c(c1)N(S(=O)(=O)c1ccc3c(c1)NC(=O)CCS3)CCO2. The monoisotopic (exact) mass is 390 g/mol. The van der Waals surface area contributed by atoms with Crippen molar-refractivity contribution in [3.05, 3.63) is 42.0 Å². The molecule has 0 saturated carbocycles. The van der Waals surface area contributed by atoms with Gasteiger partial charge < -0.3 is 10.1 Å². The zero-order valence-corrected chi connectivity index (χ0v) is 15.8. The second-order valence-electron chi connectivity index (χ2n) is 6.20. The van der Waals surface area contributed by atoms with Crippen LogP contribution >= 0.6 is 11.8 Å². The molecule has 2 aliphatic rings. The minimum Gasteiger partial charge on any atom is -0.489 e. The predicted octanol–water partition coefficient (Wildman–Crippen LogP) is 3.02. The third-order valence-electron chi connectivity index (χ3n) is 4.33. The van der Waals surface area contributed by atoms with E-state index in [1.54, 1.807) is 36.0 Å². The van der Waals surface area contributed by atoms with E-state index in [2.05, 4.69) is 5.32 Å². The van der Waals surface area contributed by atoms with Crippen LogP contribution in [0.25, 0.3) is 0 Å². The molecule has 26 heavy (non-hydrogen) atoms. The van der Waals surface area contributed by atoms with Crippen LogP contribution in [0.1, 0.15) is 12.0 Å². The number of amides is 1. The standard InChI is InChI=1S/C18H18N2O4S2/c1-12-2-4-16-15(10-12)20(7-8-24-16)26(22,23)13-3-5-17-14(11-13)19-18(21)6-9-25-17/h2-5,10-11H,6-9H2,1H3,(H,19,21). The molecule has 4 rings (SSSR count). The first-order valence-electron chi connectivity index (χ1n) is 8.28. The molecule has 2 heterocycles. The van der Waals surface area contributed by atoms with Gasteiger partial charge in [-0.15, -0.1) is 11.8 Å². The van der Waals surface area contributed by atoms with Gasteiger partial charge >= 0.3 is 0 Å². The van der Waals surface area contributed by atoms with Gasteiger partial charge in [-0.25, -0.2) is 8.42 Å². The number of benzene rings is 2. The summed E-state index contributed by atoms with van der Waals surface area (Å²) in [7, 11) is -3.76. The van der Waals surface area contributed by atoms with Crippen molar-refractivity contribution in [3.63, 3.8) is 0 Å². The molecular weight excluding hydrogens is 372 g/mol. The highest BCUT2D eigenvalue weighted by Crippen LogP contribution is 2.38. The first-order chi connectivity index (χ1) is 12.4. The maximum Gasteiger partial charge on any atom is 0.264 e. The molecule has 0 unspecified atom stereocenters. The van der Waals surface area contributed by atoms with E-state index in [0.29, 0.717) is 35.9 Å². The summed E-state index contributed by atoms with van der Waals surface area (Å²) in [5, 5.41) is 2.80. The van der Waals surface area contributed by atoms with Crippen LogP contribution in [0.3, 0.4) is 0 Å². The van der Waals surface area contributed by atoms with Gasteiger partial charge in [-0.3, -0.25) is 9.10 Å². The normalized spacial score (nSPS) is 16.8. The van der Waals surface area contributed by atoms with Gasteiger partial charge in [-0.05, 0) is 42.8 Å². The summed E-state index contributed by atoms with van der Waals surface area (Å²) in [5.74, 6) is 1.14. The van der Waals surface area contributed by atoms with Gasteiger partial charge in [-0.2, -0.15) is 0 Å². The van der Waals surface area contributed by atoms with Gasteiger partial charge in [0, 0.05) is 17.1 Å². The highest BCUT2D eigenvalue weighted by atomic mass is 32.2. The first-order valence-corrected chi connectivity index (χ1v) is 10.7. The molecule has 1 N–H and O–H groups in total. The van der Waals surface area contributed by atoms with E-state index in [0.717, 1.165) is 10.5 Å². The van der Waals surface area contributed by atoms with Gasteiger partial charge in [0.2, 0.25) is 5.91 Å². The molecule has 0 spiro atoms. The number of carbonyl (C=O) groups excluding carboxylic acids is 1. The molecule has 2 aromatic carbocycles. The molecule has 0 fully saturated rings. The summed E-state index contributed by atoms with van der Waals surface area (Å²) in [6, 6.07) is 10.4. The van der Waals surface area contributed by atoms with Crippen molar-refractivity contribution >= 4 is 39.1 Å². The van der Waals surface area contributed by atoms with Crippen molar-refractivity contribution in [3.8, 4) is 5.75 Å². The molecule has 0 atom stereocenters. The Kier molecular flexibility index (Phi) is 4.32. The van der Waals surface area contributed by atoms with E-state index in [9.17, 15) is 13.2 Å². The second-order valence-corrected chi connectivity index (χ2v) is 9.20. The van der Waals surface area contributed by atoms with Crippen LogP contribution in [-0.4, -0.2) is 33.2 Å². The minimum atomic E-state index is -3.76. The zero-order valence-electron chi connectivity index (χ0n) is 14.2. The summed E-state index contributed by atoms with van der Waals surface area (Å²) in [6.07, 6.45) is 0.414. The van der Waals surface area contributed by atoms with E-state index in [1.807, 2.05) is 19.1 Å². The molecule has 1 amide bonds. The van der Waals surface area contributed by atoms with Crippen LogP contribution in [-0.2, 0) is 14.8 Å². The summed E-state index contributed by atoms with van der Waals surface area (Å²) in [5.41, 5.74) is 2.06. The Morgan fingerprint density at radius 2 is 2.04 bits per heavy atom. The molecule has 0 aromatic heterocycles. The number of sulfonamides is 1. The summed E-state index contributed by atoms with van der Waals surface area (Å²) in [4.78, 5) is 12.9. The van der Waals surface area contributed by atoms with Crippen LogP contribution in [0.5, 0.6) is 5.75 Å². The predicted molar refractivity (Wildman–Crippen MR) is 102 cm³/mol. The Morgan fingerprint density at radius 1 is 1.19 bits per heavy atom. The number of nitrogens with zero attached hydrogens (tertiary/aromatic N) is 1. The van der Waals surface area contributed by atoms with Crippen LogP contribution in [0.15, 0.2) is 46.2 Å². The number of anilines is 2. The number of nitrogens with one attached hydrogen (secondary N) is 1. The maximum absolute atomic E-state index is 13.3. The number of ether oxygens (including phenoxy) is 1. The fraction of sp³-hybridized carbons (Fsp3) is 0.278. The van der Waals surface area contributed by atoms with Crippen molar-refractivity contribution in [1.82, 2.24) is 0 Å². The first kappa shape index (κ1) is 17.2. The van der Waals surface area contributed by atoms with E-state index in [4.69, 9.17) is 4.74 Å².